The topological polar surface area (TPSA) is 22.1 Å². The Bertz CT molecular complexity index is 538. The van der Waals surface area contributed by atoms with Crippen molar-refractivity contribution in [1.82, 2.24) is 4.98 Å². The lowest BCUT2D eigenvalue weighted by molar-refractivity contribution is -0.137. The van der Waals surface area contributed by atoms with Gasteiger partial charge in [-0.05, 0) is 29.8 Å². The number of ether oxygens (including phenoxy) is 1. The van der Waals surface area contributed by atoms with Crippen molar-refractivity contribution in [2.24, 2.45) is 0 Å². The Hall–Kier alpha value is -2.04. The van der Waals surface area contributed by atoms with Crippen molar-refractivity contribution in [3.8, 4) is 16.9 Å². The Kier molecular flexibility index (Phi) is 3.23. The largest absolute Gasteiger partial charge is 0.496 e. The van der Waals surface area contributed by atoms with Gasteiger partial charge < -0.3 is 4.74 Å². The van der Waals surface area contributed by atoms with E-state index in [1.807, 2.05) is 0 Å². The molecule has 0 atom stereocenters. The summed E-state index contributed by atoms with van der Waals surface area (Å²) in [7, 11) is 1.35. The van der Waals surface area contributed by atoms with Gasteiger partial charge in [-0.15, -0.1) is 0 Å². The van der Waals surface area contributed by atoms with Gasteiger partial charge in [-0.2, -0.15) is 13.2 Å². The summed E-state index contributed by atoms with van der Waals surface area (Å²) in [5, 5.41) is 0. The smallest absolute Gasteiger partial charge is 0.417 e. The number of benzene rings is 1. The van der Waals surface area contributed by atoms with Crippen LogP contribution < -0.4 is 4.74 Å². The summed E-state index contributed by atoms with van der Waals surface area (Å²) in [5.41, 5.74) is -0.252. The molecule has 5 heteroatoms. The van der Waals surface area contributed by atoms with E-state index in [1.165, 1.54) is 43.8 Å². The molecular formula is C13H10F3NO. The van der Waals surface area contributed by atoms with E-state index >= 15 is 0 Å². The highest BCUT2D eigenvalue weighted by Crippen LogP contribution is 2.41. The highest BCUT2D eigenvalue weighted by Gasteiger charge is 2.34. The zero-order valence-corrected chi connectivity index (χ0v) is 9.53. The number of alkyl halides is 3. The first-order valence-corrected chi connectivity index (χ1v) is 5.18. The van der Waals surface area contributed by atoms with E-state index in [9.17, 15) is 13.2 Å². The van der Waals surface area contributed by atoms with Gasteiger partial charge in [-0.1, -0.05) is 6.07 Å². The van der Waals surface area contributed by atoms with Crippen LogP contribution in [0.25, 0.3) is 11.1 Å². The monoisotopic (exact) mass is 253 g/mol. The van der Waals surface area contributed by atoms with Gasteiger partial charge in [-0.25, -0.2) is 0 Å². The van der Waals surface area contributed by atoms with Crippen molar-refractivity contribution in [2.75, 3.05) is 7.11 Å². The molecule has 2 nitrogen and oxygen atoms in total. The fourth-order valence-electron chi connectivity index (χ4n) is 1.75. The van der Waals surface area contributed by atoms with Crippen molar-refractivity contribution in [3.05, 3.63) is 48.3 Å². The molecule has 0 N–H and O–H groups in total. The van der Waals surface area contributed by atoms with Gasteiger partial charge in [0.2, 0.25) is 0 Å². The minimum Gasteiger partial charge on any atom is -0.496 e. The summed E-state index contributed by atoms with van der Waals surface area (Å²) in [4.78, 5) is 3.80. The van der Waals surface area contributed by atoms with Crippen LogP contribution in [-0.2, 0) is 6.18 Å². The quantitative estimate of drug-likeness (QED) is 0.812. The lowest BCUT2D eigenvalue weighted by Gasteiger charge is -2.16. The van der Waals surface area contributed by atoms with Gasteiger partial charge in [0.1, 0.15) is 5.75 Å². The summed E-state index contributed by atoms with van der Waals surface area (Å²) in [6.07, 6.45) is -1.53. The fraction of sp³-hybridized carbons (Fsp3) is 0.154. The number of aromatic nitrogens is 1. The molecule has 0 saturated carbocycles. The number of hydrogen-bond acceptors (Lipinski definition) is 2. The molecule has 0 aliphatic heterocycles. The van der Waals surface area contributed by atoms with Gasteiger partial charge in [0.05, 0.1) is 12.7 Å². The van der Waals surface area contributed by atoms with Crippen molar-refractivity contribution in [1.29, 1.82) is 0 Å². The van der Waals surface area contributed by atoms with Crippen molar-refractivity contribution < 1.29 is 17.9 Å². The number of pyridine rings is 1. The lowest BCUT2D eigenvalue weighted by Crippen LogP contribution is -2.08. The number of halogens is 3. The zero-order chi connectivity index (χ0) is 13.2. The first-order valence-electron chi connectivity index (χ1n) is 5.18. The molecular weight excluding hydrogens is 243 g/mol. The normalized spacial score (nSPS) is 11.3. The summed E-state index contributed by atoms with van der Waals surface area (Å²) in [5.74, 6) is 0.191. The molecule has 0 spiro atoms. The highest BCUT2D eigenvalue weighted by molar-refractivity contribution is 5.74. The Labute approximate surface area is 102 Å². The maximum absolute atomic E-state index is 13.0. The van der Waals surface area contributed by atoms with E-state index < -0.39 is 11.7 Å². The van der Waals surface area contributed by atoms with Crippen LogP contribution in [0.5, 0.6) is 5.75 Å². The third kappa shape index (κ3) is 2.30. The number of rotatable bonds is 2. The second-order valence-corrected chi connectivity index (χ2v) is 3.62. The van der Waals surface area contributed by atoms with E-state index in [0.717, 1.165) is 6.07 Å². The molecule has 2 rings (SSSR count). The maximum atomic E-state index is 13.0. The van der Waals surface area contributed by atoms with E-state index in [-0.39, 0.29) is 11.3 Å². The van der Waals surface area contributed by atoms with Crippen LogP contribution in [-0.4, -0.2) is 12.1 Å². The van der Waals surface area contributed by atoms with Gasteiger partial charge in [0.25, 0.3) is 0 Å². The molecule has 1 aromatic heterocycles. The summed E-state index contributed by atoms with van der Waals surface area (Å²) in [6, 6.07) is 6.91. The second kappa shape index (κ2) is 4.68. The van der Waals surface area contributed by atoms with Gasteiger partial charge in [-0.3, -0.25) is 4.98 Å². The minimum absolute atomic E-state index is 0.0369. The third-order valence-corrected chi connectivity index (χ3v) is 2.52. The molecule has 0 saturated heterocycles. The molecule has 0 radical (unpaired) electrons. The molecule has 0 fully saturated rings. The Morgan fingerprint density at radius 1 is 1.06 bits per heavy atom. The predicted octanol–water partition coefficient (Wildman–Crippen LogP) is 3.78. The van der Waals surface area contributed by atoms with Crippen molar-refractivity contribution in [3.63, 3.8) is 0 Å². The molecule has 0 bridgehead atoms. The first-order chi connectivity index (χ1) is 8.54. The molecule has 0 aliphatic carbocycles. The Balaban J connectivity index is 2.70. The predicted molar refractivity (Wildman–Crippen MR) is 61.2 cm³/mol. The van der Waals surface area contributed by atoms with E-state index in [1.54, 1.807) is 0 Å². The van der Waals surface area contributed by atoms with Crippen LogP contribution in [0.3, 0.4) is 0 Å². The van der Waals surface area contributed by atoms with E-state index in [4.69, 9.17) is 4.74 Å². The van der Waals surface area contributed by atoms with E-state index in [0.29, 0.717) is 5.56 Å². The Morgan fingerprint density at radius 3 is 2.28 bits per heavy atom. The number of methoxy groups -OCH3 is 1. The van der Waals surface area contributed by atoms with Crippen molar-refractivity contribution in [2.45, 2.75) is 6.18 Å². The van der Waals surface area contributed by atoms with Gasteiger partial charge in [0, 0.05) is 18.0 Å². The second-order valence-electron chi connectivity index (χ2n) is 3.62. The molecule has 18 heavy (non-hydrogen) atoms. The zero-order valence-electron chi connectivity index (χ0n) is 9.53. The maximum Gasteiger partial charge on any atom is 0.417 e. The fourth-order valence-corrected chi connectivity index (χ4v) is 1.75. The highest BCUT2D eigenvalue weighted by atomic mass is 19.4. The molecule has 1 aromatic carbocycles. The molecule has 0 amide bonds. The lowest BCUT2D eigenvalue weighted by atomic mass is 9.99. The van der Waals surface area contributed by atoms with Crippen LogP contribution >= 0.6 is 0 Å². The van der Waals surface area contributed by atoms with Crippen LogP contribution in [0.2, 0.25) is 0 Å². The van der Waals surface area contributed by atoms with Gasteiger partial charge >= 0.3 is 6.18 Å². The van der Waals surface area contributed by atoms with E-state index in [2.05, 4.69) is 4.98 Å². The standard InChI is InChI=1S/C13H10F3NO/c1-18-11-4-2-3-10(13(14,15)16)12(11)9-5-7-17-8-6-9/h2-8H,1H3. The first kappa shape index (κ1) is 12.4. The summed E-state index contributed by atoms with van der Waals surface area (Å²) < 4.78 is 44.0. The molecule has 2 aromatic rings. The summed E-state index contributed by atoms with van der Waals surface area (Å²) >= 11 is 0. The summed E-state index contributed by atoms with van der Waals surface area (Å²) in [6.45, 7) is 0. The minimum atomic E-state index is -4.42. The van der Waals surface area contributed by atoms with Crippen molar-refractivity contribution >= 4 is 0 Å². The molecule has 1 heterocycles. The van der Waals surface area contributed by atoms with Crippen LogP contribution in [0.1, 0.15) is 5.56 Å². The average Bonchev–Trinajstić information content (AvgIpc) is 2.38. The molecule has 94 valence electrons. The van der Waals surface area contributed by atoms with Crippen LogP contribution in [0, 0.1) is 0 Å². The third-order valence-electron chi connectivity index (χ3n) is 2.52. The van der Waals surface area contributed by atoms with Crippen LogP contribution in [0.4, 0.5) is 13.2 Å². The number of nitrogens with zero attached hydrogens (tertiary/aromatic N) is 1. The average molecular weight is 253 g/mol. The Morgan fingerprint density at radius 2 is 1.72 bits per heavy atom. The number of hydrogen-bond donors (Lipinski definition) is 0. The van der Waals surface area contributed by atoms with Crippen LogP contribution in [0.15, 0.2) is 42.7 Å². The SMILES string of the molecule is COc1cccc(C(F)(F)F)c1-c1ccncc1. The molecule has 0 aliphatic rings. The molecule has 0 unspecified atom stereocenters. The van der Waals surface area contributed by atoms with Gasteiger partial charge in [0.15, 0.2) is 0 Å².